The second kappa shape index (κ2) is 4.70. The van der Waals surface area contributed by atoms with Crippen molar-refractivity contribution in [2.45, 2.75) is 45.1 Å². The van der Waals surface area contributed by atoms with Gasteiger partial charge in [0, 0.05) is 17.5 Å². The fourth-order valence-electron chi connectivity index (χ4n) is 2.47. The van der Waals surface area contributed by atoms with Crippen LogP contribution in [-0.2, 0) is 5.41 Å². The molecule has 1 nitrogen and oxygen atoms in total. The van der Waals surface area contributed by atoms with E-state index in [1.807, 2.05) is 12.1 Å². The van der Waals surface area contributed by atoms with Crippen LogP contribution in [0.5, 0.6) is 0 Å². The van der Waals surface area contributed by atoms with Crippen LogP contribution in [0, 0.1) is 5.92 Å². The predicted molar refractivity (Wildman–Crippen MR) is 79.7 cm³/mol. The highest BCUT2D eigenvalue weighted by Gasteiger charge is 2.52. The molecule has 1 aromatic carbocycles. The number of halogens is 2. The maximum Gasteiger partial charge on any atom is 0.0595 e. The summed E-state index contributed by atoms with van der Waals surface area (Å²) in [5.41, 5.74) is 1.69. The summed E-state index contributed by atoms with van der Waals surface area (Å²) < 4.78 is 0. The maximum atomic E-state index is 6.13. The first-order valence-corrected chi connectivity index (χ1v) is 7.21. The molecular weight excluding hydrogens is 265 g/mol. The molecule has 2 atom stereocenters. The zero-order valence-corrected chi connectivity index (χ0v) is 13.0. The molecule has 2 unspecified atom stereocenters. The van der Waals surface area contributed by atoms with Crippen molar-refractivity contribution in [1.29, 1.82) is 0 Å². The summed E-state index contributed by atoms with van der Waals surface area (Å²) in [6.07, 6.45) is 1.22. The Hall–Kier alpha value is -0.240. The van der Waals surface area contributed by atoms with Gasteiger partial charge < -0.3 is 5.32 Å². The minimum atomic E-state index is 0.144. The predicted octanol–water partition coefficient (Wildman–Crippen LogP) is 4.66. The van der Waals surface area contributed by atoms with Crippen LogP contribution in [0.25, 0.3) is 0 Å². The number of rotatable bonds is 3. The van der Waals surface area contributed by atoms with Crippen molar-refractivity contribution >= 4 is 23.2 Å². The lowest BCUT2D eigenvalue weighted by atomic mass is 9.92. The Bertz CT molecular complexity index is 450. The minimum Gasteiger partial charge on any atom is -0.311 e. The molecular formula is C15H21Cl2N. The smallest absolute Gasteiger partial charge is 0.0595 e. The van der Waals surface area contributed by atoms with Crippen molar-refractivity contribution in [2.24, 2.45) is 5.92 Å². The van der Waals surface area contributed by atoms with E-state index in [-0.39, 0.29) is 11.0 Å². The highest BCUT2D eigenvalue weighted by atomic mass is 35.5. The lowest BCUT2D eigenvalue weighted by Crippen LogP contribution is -2.41. The molecule has 1 aliphatic carbocycles. The number of hydrogen-bond acceptors (Lipinski definition) is 1. The summed E-state index contributed by atoms with van der Waals surface area (Å²) in [5, 5.41) is 4.90. The summed E-state index contributed by atoms with van der Waals surface area (Å²) in [5.74, 6) is 0.699. The van der Waals surface area contributed by atoms with Crippen LogP contribution in [-0.4, -0.2) is 12.1 Å². The zero-order valence-electron chi connectivity index (χ0n) is 11.5. The quantitative estimate of drug-likeness (QED) is 0.852. The molecule has 1 saturated carbocycles. The average Bonchev–Trinajstić information content (AvgIpc) is 2.91. The zero-order chi connectivity index (χ0) is 13.6. The van der Waals surface area contributed by atoms with Crippen molar-refractivity contribution < 1.29 is 0 Å². The summed E-state index contributed by atoms with van der Waals surface area (Å²) >= 11 is 12.1. The van der Waals surface area contributed by atoms with E-state index in [0.29, 0.717) is 16.0 Å². The molecule has 0 bridgehead atoms. The van der Waals surface area contributed by atoms with Crippen LogP contribution in [0.3, 0.4) is 0 Å². The molecule has 0 aromatic heterocycles. The van der Waals surface area contributed by atoms with Gasteiger partial charge in [-0.1, -0.05) is 36.2 Å². The molecule has 18 heavy (non-hydrogen) atoms. The van der Waals surface area contributed by atoms with Gasteiger partial charge in [-0.25, -0.2) is 0 Å². The number of hydrogen-bond donors (Lipinski definition) is 1. The standard InChI is InChI=1S/C15H21Cl2N/c1-10-8-15(10,9-18-14(2,3)4)11-5-6-12(16)13(17)7-11/h5-7,10,18H,8-9H2,1-4H3. The molecule has 1 aliphatic rings. The van der Waals surface area contributed by atoms with Crippen molar-refractivity contribution in [3.63, 3.8) is 0 Å². The van der Waals surface area contributed by atoms with E-state index < -0.39 is 0 Å². The molecule has 1 aromatic rings. The fourth-order valence-corrected chi connectivity index (χ4v) is 2.77. The van der Waals surface area contributed by atoms with Gasteiger partial charge in [0.1, 0.15) is 0 Å². The van der Waals surface area contributed by atoms with E-state index in [9.17, 15) is 0 Å². The van der Waals surface area contributed by atoms with Gasteiger partial charge in [0.05, 0.1) is 10.0 Å². The van der Waals surface area contributed by atoms with Gasteiger partial charge in [-0.05, 0) is 50.8 Å². The summed E-state index contributed by atoms with van der Waals surface area (Å²) in [6.45, 7) is 9.89. The molecule has 0 radical (unpaired) electrons. The van der Waals surface area contributed by atoms with Crippen molar-refractivity contribution in [3.05, 3.63) is 33.8 Å². The van der Waals surface area contributed by atoms with E-state index in [4.69, 9.17) is 23.2 Å². The highest BCUT2D eigenvalue weighted by Crippen LogP contribution is 2.54. The Labute approximate surface area is 120 Å². The Kier molecular flexibility index (Phi) is 3.70. The van der Waals surface area contributed by atoms with Gasteiger partial charge in [-0.2, -0.15) is 0 Å². The van der Waals surface area contributed by atoms with E-state index in [1.165, 1.54) is 12.0 Å². The van der Waals surface area contributed by atoms with Crippen molar-refractivity contribution in [3.8, 4) is 0 Å². The van der Waals surface area contributed by atoms with E-state index in [2.05, 4.69) is 39.1 Å². The van der Waals surface area contributed by atoms with Crippen LogP contribution in [0.1, 0.15) is 39.7 Å². The van der Waals surface area contributed by atoms with Crippen LogP contribution >= 0.6 is 23.2 Å². The normalized spacial score (nSPS) is 27.3. The summed E-state index contributed by atoms with van der Waals surface area (Å²) in [6, 6.07) is 6.04. The first-order chi connectivity index (χ1) is 8.24. The van der Waals surface area contributed by atoms with Gasteiger partial charge in [0.25, 0.3) is 0 Å². The monoisotopic (exact) mass is 285 g/mol. The maximum absolute atomic E-state index is 6.13. The molecule has 0 amide bonds. The van der Waals surface area contributed by atoms with Gasteiger partial charge in [0.2, 0.25) is 0 Å². The van der Waals surface area contributed by atoms with Crippen molar-refractivity contribution in [1.82, 2.24) is 5.32 Å². The molecule has 0 saturated heterocycles. The third-order valence-corrected chi connectivity index (χ3v) is 4.62. The molecule has 0 aliphatic heterocycles. The van der Waals surface area contributed by atoms with Gasteiger partial charge >= 0.3 is 0 Å². The summed E-state index contributed by atoms with van der Waals surface area (Å²) in [7, 11) is 0. The average molecular weight is 286 g/mol. The first kappa shape index (κ1) is 14.2. The Morgan fingerprint density at radius 1 is 1.28 bits per heavy atom. The third-order valence-electron chi connectivity index (χ3n) is 3.88. The molecule has 100 valence electrons. The van der Waals surface area contributed by atoms with E-state index in [0.717, 1.165) is 6.54 Å². The van der Waals surface area contributed by atoms with Crippen LogP contribution in [0.4, 0.5) is 0 Å². The van der Waals surface area contributed by atoms with Crippen LogP contribution in [0.15, 0.2) is 18.2 Å². The van der Waals surface area contributed by atoms with Gasteiger partial charge in [-0.3, -0.25) is 0 Å². The lowest BCUT2D eigenvalue weighted by Gasteiger charge is -2.26. The largest absolute Gasteiger partial charge is 0.311 e. The second-order valence-electron chi connectivity index (χ2n) is 6.49. The van der Waals surface area contributed by atoms with Gasteiger partial charge in [-0.15, -0.1) is 0 Å². The molecule has 1 fully saturated rings. The van der Waals surface area contributed by atoms with Gasteiger partial charge in [0.15, 0.2) is 0 Å². The number of nitrogens with one attached hydrogen (secondary N) is 1. The Morgan fingerprint density at radius 3 is 2.33 bits per heavy atom. The fraction of sp³-hybridized carbons (Fsp3) is 0.600. The molecule has 0 heterocycles. The minimum absolute atomic E-state index is 0.144. The summed E-state index contributed by atoms with van der Waals surface area (Å²) in [4.78, 5) is 0. The lowest BCUT2D eigenvalue weighted by molar-refractivity contribution is 0.392. The van der Waals surface area contributed by atoms with Crippen LogP contribution in [0.2, 0.25) is 10.0 Å². The highest BCUT2D eigenvalue weighted by molar-refractivity contribution is 6.42. The van der Waals surface area contributed by atoms with Crippen LogP contribution < -0.4 is 5.32 Å². The Morgan fingerprint density at radius 2 is 1.89 bits per heavy atom. The SMILES string of the molecule is CC1CC1(CNC(C)(C)C)c1ccc(Cl)c(Cl)c1. The third kappa shape index (κ3) is 2.84. The topological polar surface area (TPSA) is 12.0 Å². The Balaban J connectivity index is 2.20. The second-order valence-corrected chi connectivity index (χ2v) is 7.31. The van der Waals surface area contributed by atoms with Crippen molar-refractivity contribution in [2.75, 3.05) is 6.54 Å². The molecule has 2 rings (SSSR count). The first-order valence-electron chi connectivity index (χ1n) is 6.45. The van der Waals surface area contributed by atoms with E-state index >= 15 is 0 Å². The molecule has 1 N–H and O–H groups in total. The number of benzene rings is 1. The van der Waals surface area contributed by atoms with E-state index in [1.54, 1.807) is 0 Å². The molecule has 3 heteroatoms. The molecule has 0 spiro atoms.